The second-order valence-electron chi connectivity index (χ2n) is 6.44. The van der Waals surface area contributed by atoms with E-state index in [2.05, 4.69) is 4.90 Å². The number of nitrogens with zero attached hydrogens (tertiary/aromatic N) is 3. The van der Waals surface area contributed by atoms with E-state index < -0.39 is 5.60 Å². The zero-order valence-electron chi connectivity index (χ0n) is 13.0. The van der Waals surface area contributed by atoms with Crippen molar-refractivity contribution in [3.63, 3.8) is 0 Å². The van der Waals surface area contributed by atoms with Crippen molar-refractivity contribution in [2.75, 3.05) is 31.6 Å². The number of carbonyl (C=O) groups is 1. The van der Waals surface area contributed by atoms with Gasteiger partial charge in [-0.1, -0.05) is 11.6 Å². The number of anilines is 1. The smallest absolute Gasteiger partial charge is 0.410 e. The van der Waals surface area contributed by atoms with Crippen molar-refractivity contribution in [2.45, 2.75) is 18.4 Å². The molecule has 0 radical (unpaired) electrons. The maximum absolute atomic E-state index is 11.8. The summed E-state index contributed by atoms with van der Waals surface area (Å²) in [5.41, 5.74) is 0.521. The molecular weight excluding hydrogens is 314 g/mol. The second-order valence-corrected chi connectivity index (χ2v) is 6.88. The van der Waals surface area contributed by atoms with E-state index in [-0.39, 0.29) is 6.09 Å². The molecule has 1 aromatic carbocycles. The molecule has 23 heavy (non-hydrogen) atoms. The van der Waals surface area contributed by atoms with Crippen molar-refractivity contribution in [1.82, 2.24) is 9.88 Å². The molecule has 5 nitrogen and oxygen atoms in total. The van der Waals surface area contributed by atoms with Gasteiger partial charge in [0, 0.05) is 24.0 Å². The molecule has 1 unspecified atom stereocenters. The summed E-state index contributed by atoms with van der Waals surface area (Å²) in [4.78, 5) is 20.4. The highest BCUT2D eigenvalue weighted by molar-refractivity contribution is 6.31. The Kier molecular flexibility index (Phi) is 3.34. The average Bonchev–Trinajstić information content (AvgIpc) is 2.80. The zero-order valence-corrected chi connectivity index (χ0v) is 13.7. The molecule has 1 aromatic heterocycles. The summed E-state index contributed by atoms with van der Waals surface area (Å²) in [6.07, 6.45) is 1.66. The minimum absolute atomic E-state index is 0.229. The van der Waals surface area contributed by atoms with Crippen LogP contribution in [0.2, 0.25) is 5.02 Å². The van der Waals surface area contributed by atoms with Crippen LogP contribution in [-0.2, 0) is 4.74 Å². The molecule has 6 heteroatoms. The lowest BCUT2D eigenvalue weighted by molar-refractivity contribution is 0.0445. The van der Waals surface area contributed by atoms with Gasteiger partial charge in [-0.25, -0.2) is 9.78 Å². The molecule has 2 aromatic rings. The highest BCUT2D eigenvalue weighted by Crippen LogP contribution is 2.33. The molecule has 2 fully saturated rings. The van der Waals surface area contributed by atoms with E-state index >= 15 is 0 Å². The minimum Gasteiger partial charge on any atom is -0.439 e. The van der Waals surface area contributed by atoms with E-state index in [0.29, 0.717) is 18.1 Å². The van der Waals surface area contributed by atoms with Crippen LogP contribution in [0.3, 0.4) is 0 Å². The molecule has 120 valence electrons. The summed E-state index contributed by atoms with van der Waals surface area (Å²) in [7, 11) is 1.79. The number of amides is 1. The molecule has 2 aliphatic heterocycles. The number of ether oxygens (including phenoxy) is 1. The van der Waals surface area contributed by atoms with Gasteiger partial charge in [-0.3, -0.25) is 0 Å². The molecule has 1 atom stereocenters. The molecule has 0 N–H and O–H groups in total. The van der Waals surface area contributed by atoms with Crippen molar-refractivity contribution in [1.29, 1.82) is 0 Å². The van der Waals surface area contributed by atoms with Gasteiger partial charge >= 0.3 is 6.09 Å². The third-order valence-electron chi connectivity index (χ3n) is 4.64. The SMILES string of the molecule is CN1CC2(CCCN(c3ccc4cc(Cl)ccc4n3)C2)OC1=O. The van der Waals surface area contributed by atoms with E-state index in [9.17, 15) is 4.79 Å². The summed E-state index contributed by atoms with van der Waals surface area (Å²) in [5, 5.41) is 1.74. The molecule has 2 saturated heterocycles. The second kappa shape index (κ2) is 5.27. The molecule has 2 aliphatic rings. The van der Waals surface area contributed by atoms with Crippen LogP contribution < -0.4 is 4.90 Å². The predicted octanol–water partition coefficient (Wildman–Crippen LogP) is 3.31. The number of benzene rings is 1. The number of rotatable bonds is 1. The Morgan fingerprint density at radius 1 is 1.26 bits per heavy atom. The molecule has 1 amide bonds. The van der Waals surface area contributed by atoms with Gasteiger partial charge in [0.15, 0.2) is 0 Å². The van der Waals surface area contributed by atoms with Gasteiger partial charge in [-0.15, -0.1) is 0 Å². The Balaban J connectivity index is 1.62. The lowest BCUT2D eigenvalue weighted by Crippen LogP contribution is -2.50. The van der Waals surface area contributed by atoms with Gasteiger partial charge < -0.3 is 14.5 Å². The molecule has 1 spiro atoms. The maximum Gasteiger partial charge on any atom is 0.410 e. The number of likely N-dealkylation sites (N-methyl/N-ethyl adjacent to an activating group) is 1. The lowest BCUT2D eigenvalue weighted by atomic mass is 9.93. The molecule has 4 rings (SSSR count). The van der Waals surface area contributed by atoms with Crippen LogP contribution in [-0.4, -0.2) is 48.3 Å². The van der Waals surface area contributed by atoms with E-state index in [1.807, 2.05) is 30.3 Å². The quantitative estimate of drug-likeness (QED) is 0.804. The fourth-order valence-electron chi connectivity index (χ4n) is 3.56. The van der Waals surface area contributed by atoms with Gasteiger partial charge in [0.25, 0.3) is 0 Å². The first kappa shape index (κ1) is 14.6. The Hall–Kier alpha value is -2.01. The van der Waals surface area contributed by atoms with E-state index in [0.717, 1.165) is 36.1 Å². The highest BCUT2D eigenvalue weighted by Gasteiger charge is 2.46. The third kappa shape index (κ3) is 2.59. The first-order chi connectivity index (χ1) is 11.0. The number of hydrogen-bond donors (Lipinski definition) is 0. The Morgan fingerprint density at radius 2 is 2.13 bits per heavy atom. The maximum atomic E-state index is 11.8. The van der Waals surface area contributed by atoms with Gasteiger partial charge in [0.05, 0.1) is 18.6 Å². The van der Waals surface area contributed by atoms with Gasteiger partial charge in [-0.2, -0.15) is 0 Å². The number of fused-ring (bicyclic) bond motifs is 1. The monoisotopic (exact) mass is 331 g/mol. The van der Waals surface area contributed by atoms with Gasteiger partial charge in [-0.05, 0) is 43.2 Å². The van der Waals surface area contributed by atoms with Crippen LogP contribution in [0.25, 0.3) is 10.9 Å². The van der Waals surface area contributed by atoms with E-state index in [1.165, 1.54) is 0 Å². The molecule has 0 aliphatic carbocycles. The van der Waals surface area contributed by atoms with Crippen molar-refractivity contribution in [2.24, 2.45) is 0 Å². The molecule has 3 heterocycles. The van der Waals surface area contributed by atoms with Gasteiger partial charge in [0.2, 0.25) is 0 Å². The summed E-state index contributed by atoms with van der Waals surface area (Å²) in [6.45, 7) is 2.26. The van der Waals surface area contributed by atoms with Crippen molar-refractivity contribution in [3.8, 4) is 0 Å². The number of pyridine rings is 1. The average molecular weight is 332 g/mol. The highest BCUT2D eigenvalue weighted by atomic mass is 35.5. The largest absolute Gasteiger partial charge is 0.439 e. The molecule has 0 saturated carbocycles. The first-order valence-corrected chi connectivity index (χ1v) is 8.18. The van der Waals surface area contributed by atoms with Crippen LogP contribution in [0.15, 0.2) is 30.3 Å². The number of carbonyl (C=O) groups excluding carboxylic acids is 1. The standard InChI is InChI=1S/C17H18ClN3O2/c1-20-10-17(23-16(20)22)7-2-8-21(11-17)15-6-3-12-9-13(18)4-5-14(12)19-15/h3-6,9H,2,7-8,10-11H2,1H3. The molecule has 0 bridgehead atoms. The fourth-order valence-corrected chi connectivity index (χ4v) is 3.74. The van der Waals surface area contributed by atoms with Crippen molar-refractivity contribution in [3.05, 3.63) is 35.4 Å². The normalized spacial score (nSPS) is 24.5. The zero-order chi connectivity index (χ0) is 16.0. The topological polar surface area (TPSA) is 45.7 Å². The predicted molar refractivity (Wildman–Crippen MR) is 90.0 cm³/mol. The van der Waals surface area contributed by atoms with Crippen LogP contribution in [0.5, 0.6) is 0 Å². The van der Waals surface area contributed by atoms with Crippen molar-refractivity contribution < 1.29 is 9.53 Å². The number of halogens is 1. The van der Waals surface area contributed by atoms with Crippen LogP contribution >= 0.6 is 11.6 Å². The number of hydrogen-bond acceptors (Lipinski definition) is 4. The Bertz CT molecular complexity index is 782. The van der Waals surface area contributed by atoms with E-state index in [4.69, 9.17) is 21.3 Å². The summed E-state index contributed by atoms with van der Waals surface area (Å²) in [5.74, 6) is 0.921. The Labute approximate surface area is 139 Å². The Morgan fingerprint density at radius 3 is 2.91 bits per heavy atom. The third-order valence-corrected chi connectivity index (χ3v) is 4.88. The fraction of sp³-hybridized carbons (Fsp3) is 0.412. The first-order valence-electron chi connectivity index (χ1n) is 7.80. The van der Waals surface area contributed by atoms with Crippen LogP contribution in [0.4, 0.5) is 10.6 Å². The molecular formula is C17H18ClN3O2. The summed E-state index contributed by atoms with van der Waals surface area (Å²) in [6, 6.07) is 9.76. The van der Waals surface area contributed by atoms with E-state index in [1.54, 1.807) is 11.9 Å². The summed E-state index contributed by atoms with van der Waals surface area (Å²) >= 11 is 6.03. The van der Waals surface area contributed by atoms with Gasteiger partial charge in [0.1, 0.15) is 11.4 Å². The number of aromatic nitrogens is 1. The van der Waals surface area contributed by atoms with Crippen LogP contribution in [0, 0.1) is 0 Å². The van der Waals surface area contributed by atoms with Crippen molar-refractivity contribution >= 4 is 34.4 Å². The minimum atomic E-state index is -0.402. The number of piperidine rings is 1. The lowest BCUT2D eigenvalue weighted by Gasteiger charge is -2.39. The summed E-state index contributed by atoms with van der Waals surface area (Å²) < 4.78 is 5.66. The van der Waals surface area contributed by atoms with Crippen LogP contribution in [0.1, 0.15) is 12.8 Å².